The van der Waals surface area contributed by atoms with Gasteiger partial charge in [0.1, 0.15) is 0 Å². The predicted octanol–water partition coefficient (Wildman–Crippen LogP) is 4.52. The van der Waals surface area contributed by atoms with Gasteiger partial charge < -0.3 is 10.2 Å². The number of likely N-dealkylation sites (N-methyl/N-ethyl adjacent to an activating group) is 1. The predicted molar refractivity (Wildman–Crippen MR) is 104 cm³/mol. The zero-order valence-corrected chi connectivity index (χ0v) is 15.9. The maximum atomic E-state index is 12.9. The normalized spacial score (nSPS) is 20.3. The third kappa shape index (κ3) is 4.00. The van der Waals surface area contributed by atoms with Crippen molar-refractivity contribution in [1.82, 2.24) is 10.2 Å². The highest BCUT2D eigenvalue weighted by Crippen LogP contribution is 2.30. The molecule has 0 aromatic heterocycles. The van der Waals surface area contributed by atoms with E-state index in [0.29, 0.717) is 10.6 Å². The average Bonchev–Trinajstić information content (AvgIpc) is 2.63. The van der Waals surface area contributed by atoms with Gasteiger partial charge in [-0.15, -0.1) is 0 Å². The van der Waals surface area contributed by atoms with Crippen molar-refractivity contribution < 1.29 is 4.79 Å². The van der Waals surface area contributed by atoms with Crippen LogP contribution in [0.2, 0.25) is 10.0 Å². The summed E-state index contributed by atoms with van der Waals surface area (Å²) in [5, 5.41) is 4.86. The number of piperidine rings is 1. The molecule has 2 aromatic carbocycles. The number of halogens is 2. The average molecular weight is 377 g/mol. The Bertz CT molecular complexity index is 761. The Kier molecular flexibility index (Phi) is 5.67. The lowest BCUT2D eigenvalue weighted by molar-refractivity contribution is 0.0679. The van der Waals surface area contributed by atoms with Crippen molar-refractivity contribution in [2.24, 2.45) is 0 Å². The van der Waals surface area contributed by atoms with Gasteiger partial charge >= 0.3 is 0 Å². The van der Waals surface area contributed by atoms with Crippen LogP contribution in [0.25, 0.3) is 0 Å². The second-order valence-corrected chi connectivity index (χ2v) is 7.44. The van der Waals surface area contributed by atoms with Crippen molar-refractivity contribution in [3.8, 4) is 0 Å². The summed E-state index contributed by atoms with van der Waals surface area (Å²) in [4.78, 5) is 14.8. The minimum atomic E-state index is 0.0271. The van der Waals surface area contributed by atoms with Crippen LogP contribution in [0, 0.1) is 6.92 Å². The van der Waals surface area contributed by atoms with E-state index in [1.54, 1.807) is 24.3 Å². The van der Waals surface area contributed by atoms with Gasteiger partial charge in [-0.3, -0.25) is 4.79 Å². The van der Waals surface area contributed by atoms with E-state index in [1.807, 2.05) is 24.9 Å². The monoisotopic (exact) mass is 376 g/mol. The van der Waals surface area contributed by atoms with Crippen LogP contribution < -0.4 is 5.32 Å². The summed E-state index contributed by atoms with van der Waals surface area (Å²) in [6, 6.07) is 13.4. The molecule has 2 aromatic rings. The van der Waals surface area contributed by atoms with Crippen LogP contribution in [0.15, 0.2) is 42.5 Å². The molecule has 3 nitrogen and oxygen atoms in total. The lowest BCUT2D eigenvalue weighted by Gasteiger charge is -2.39. The van der Waals surface area contributed by atoms with E-state index in [2.05, 4.69) is 17.4 Å². The molecule has 0 aliphatic carbocycles. The highest BCUT2D eigenvalue weighted by atomic mass is 35.5. The Morgan fingerprint density at radius 3 is 2.56 bits per heavy atom. The third-order valence-corrected chi connectivity index (χ3v) is 5.64. The van der Waals surface area contributed by atoms with Gasteiger partial charge in [0, 0.05) is 41.2 Å². The number of carbonyl (C=O) groups excluding carboxylic acids is 1. The fourth-order valence-electron chi connectivity index (χ4n) is 3.49. The van der Waals surface area contributed by atoms with Gasteiger partial charge in [0.2, 0.25) is 0 Å². The third-order valence-electron chi connectivity index (χ3n) is 4.96. The van der Waals surface area contributed by atoms with E-state index in [-0.39, 0.29) is 17.9 Å². The first-order chi connectivity index (χ1) is 12.0. The van der Waals surface area contributed by atoms with Crippen molar-refractivity contribution in [2.75, 3.05) is 20.1 Å². The zero-order chi connectivity index (χ0) is 18.0. The van der Waals surface area contributed by atoms with Crippen molar-refractivity contribution in [3.05, 3.63) is 69.2 Å². The molecule has 1 aliphatic heterocycles. The second-order valence-electron chi connectivity index (χ2n) is 6.60. The molecule has 2 atom stereocenters. The lowest BCUT2D eigenvalue weighted by Crippen LogP contribution is -2.49. The summed E-state index contributed by atoms with van der Waals surface area (Å²) in [6.45, 7) is 3.77. The molecule has 1 saturated heterocycles. The maximum absolute atomic E-state index is 12.9. The molecular formula is C20H22Cl2N2O. The molecule has 1 fully saturated rings. The highest BCUT2D eigenvalue weighted by Gasteiger charge is 2.32. The lowest BCUT2D eigenvalue weighted by atomic mass is 9.85. The molecule has 1 amide bonds. The largest absolute Gasteiger partial charge is 0.338 e. The summed E-state index contributed by atoms with van der Waals surface area (Å²) in [5.41, 5.74) is 2.95. The number of hydrogen-bond acceptors (Lipinski definition) is 2. The Labute approximate surface area is 158 Å². The molecule has 0 radical (unpaired) electrons. The van der Waals surface area contributed by atoms with Crippen LogP contribution in [0.5, 0.6) is 0 Å². The van der Waals surface area contributed by atoms with E-state index in [4.69, 9.17) is 23.2 Å². The fraction of sp³-hybridized carbons (Fsp3) is 0.350. The smallest absolute Gasteiger partial charge is 0.253 e. The van der Waals surface area contributed by atoms with Crippen LogP contribution in [0.1, 0.15) is 33.8 Å². The first-order valence-electron chi connectivity index (χ1n) is 8.47. The summed E-state index contributed by atoms with van der Waals surface area (Å²) >= 11 is 12.1. The number of aryl methyl sites for hydroxylation is 1. The molecule has 0 saturated carbocycles. The molecule has 3 rings (SSSR count). The Balaban J connectivity index is 1.85. The molecule has 1 aliphatic rings. The van der Waals surface area contributed by atoms with E-state index < -0.39 is 0 Å². The molecular weight excluding hydrogens is 355 g/mol. The number of rotatable bonds is 3. The molecule has 5 heteroatoms. The molecule has 1 N–H and O–H groups in total. The van der Waals surface area contributed by atoms with Crippen LogP contribution in [0.3, 0.4) is 0 Å². The number of carbonyl (C=O) groups is 1. The van der Waals surface area contributed by atoms with Gasteiger partial charge in [-0.05, 0) is 61.3 Å². The van der Waals surface area contributed by atoms with Crippen molar-refractivity contribution in [1.29, 1.82) is 0 Å². The van der Waals surface area contributed by atoms with Gasteiger partial charge in [-0.1, -0.05) is 35.3 Å². The van der Waals surface area contributed by atoms with Gasteiger partial charge in [0.25, 0.3) is 5.91 Å². The van der Waals surface area contributed by atoms with Crippen molar-refractivity contribution in [3.63, 3.8) is 0 Å². The first kappa shape index (κ1) is 18.2. The molecule has 0 unspecified atom stereocenters. The summed E-state index contributed by atoms with van der Waals surface area (Å²) < 4.78 is 0. The van der Waals surface area contributed by atoms with Gasteiger partial charge in [0.05, 0.1) is 0 Å². The Morgan fingerprint density at radius 1 is 1.16 bits per heavy atom. The highest BCUT2D eigenvalue weighted by molar-refractivity contribution is 6.31. The number of benzene rings is 2. The Hall–Kier alpha value is -1.55. The van der Waals surface area contributed by atoms with Gasteiger partial charge in [-0.2, -0.15) is 0 Å². The van der Waals surface area contributed by atoms with E-state index >= 15 is 0 Å². The minimum Gasteiger partial charge on any atom is -0.338 e. The van der Waals surface area contributed by atoms with Crippen LogP contribution in [-0.2, 0) is 0 Å². The molecule has 0 bridgehead atoms. The molecule has 25 heavy (non-hydrogen) atoms. The number of nitrogens with one attached hydrogen (secondary N) is 1. The summed E-state index contributed by atoms with van der Waals surface area (Å²) in [7, 11) is 1.89. The van der Waals surface area contributed by atoms with Crippen molar-refractivity contribution >= 4 is 29.1 Å². The zero-order valence-electron chi connectivity index (χ0n) is 14.4. The van der Waals surface area contributed by atoms with E-state index in [0.717, 1.165) is 30.1 Å². The molecule has 1 heterocycles. The second kappa shape index (κ2) is 7.77. The number of amides is 1. The standard InChI is InChI=1S/C20H22Cl2N2O/c1-13-11-15(5-8-18(13)22)17-12-23-10-9-19(17)24(2)20(25)14-3-6-16(21)7-4-14/h3-8,11,17,19,23H,9-10,12H2,1-2H3/t17-,19+/m0/s1. The van der Waals surface area contributed by atoms with E-state index in [1.165, 1.54) is 5.56 Å². The fourth-order valence-corrected chi connectivity index (χ4v) is 3.74. The summed E-state index contributed by atoms with van der Waals surface area (Å²) in [6.07, 6.45) is 0.919. The molecule has 0 spiro atoms. The van der Waals surface area contributed by atoms with Crippen LogP contribution in [0.4, 0.5) is 0 Å². The number of hydrogen-bond donors (Lipinski definition) is 1. The van der Waals surface area contributed by atoms with Gasteiger partial charge in [-0.25, -0.2) is 0 Å². The summed E-state index contributed by atoms with van der Waals surface area (Å²) in [5.74, 6) is 0.269. The van der Waals surface area contributed by atoms with Gasteiger partial charge in [0.15, 0.2) is 0 Å². The van der Waals surface area contributed by atoms with Crippen LogP contribution >= 0.6 is 23.2 Å². The maximum Gasteiger partial charge on any atom is 0.253 e. The van der Waals surface area contributed by atoms with E-state index in [9.17, 15) is 4.79 Å². The SMILES string of the molecule is Cc1cc([C@@H]2CNCC[C@H]2N(C)C(=O)c2ccc(Cl)cc2)ccc1Cl. The molecule has 132 valence electrons. The topological polar surface area (TPSA) is 32.3 Å². The first-order valence-corrected chi connectivity index (χ1v) is 9.22. The van der Waals surface area contributed by atoms with Crippen molar-refractivity contribution in [2.45, 2.75) is 25.3 Å². The minimum absolute atomic E-state index is 0.0271. The quantitative estimate of drug-likeness (QED) is 0.853. The number of nitrogens with zero attached hydrogens (tertiary/aromatic N) is 1. The van der Waals surface area contributed by atoms with Crippen LogP contribution in [-0.4, -0.2) is 37.0 Å². The Morgan fingerprint density at radius 2 is 1.88 bits per heavy atom.